The van der Waals surface area contributed by atoms with Crippen LogP contribution in [0.5, 0.6) is 0 Å². The van der Waals surface area contributed by atoms with E-state index in [0.29, 0.717) is 35.6 Å². The van der Waals surface area contributed by atoms with Crippen LogP contribution in [0.3, 0.4) is 0 Å². The van der Waals surface area contributed by atoms with Crippen molar-refractivity contribution in [1.29, 1.82) is 0 Å². The summed E-state index contributed by atoms with van der Waals surface area (Å²) in [6.45, 7) is 0.659. The van der Waals surface area contributed by atoms with Crippen molar-refractivity contribution >= 4 is 17.2 Å². The molecule has 1 atom stereocenters. The Kier molecular flexibility index (Phi) is 4.50. The molecule has 26 heavy (non-hydrogen) atoms. The van der Waals surface area contributed by atoms with Crippen LogP contribution in [0.2, 0.25) is 0 Å². The zero-order chi connectivity index (χ0) is 18.1. The van der Waals surface area contributed by atoms with Gasteiger partial charge in [-0.3, -0.25) is 4.79 Å². The molecular weight excluding hydrogens is 358 g/mol. The highest BCUT2D eigenvalue weighted by Crippen LogP contribution is 2.35. The maximum absolute atomic E-state index is 13.7. The van der Waals surface area contributed by atoms with Gasteiger partial charge in [-0.15, -0.1) is 11.3 Å². The second-order valence-electron chi connectivity index (χ2n) is 6.15. The van der Waals surface area contributed by atoms with Crippen molar-refractivity contribution in [1.82, 2.24) is 19.9 Å². The average Bonchev–Trinajstić information content (AvgIpc) is 3.25. The molecule has 1 aliphatic rings. The van der Waals surface area contributed by atoms with Gasteiger partial charge in [0.05, 0.1) is 28.9 Å². The molecule has 3 aromatic rings. The summed E-state index contributed by atoms with van der Waals surface area (Å²) in [5.41, 5.74) is 3.91. The number of hydrogen-bond donors (Lipinski definition) is 1. The predicted octanol–water partition coefficient (Wildman–Crippen LogP) is 3.79. The second-order valence-corrected chi connectivity index (χ2v) is 6.87. The van der Waals surface area contributed by atoms with Crippen LogP contribution in [0.15, 0.2) is 35.4 Å². The molecule has 0 aliphatic carbocycles. The molecule has 8 heteroatoms. The molecule has 1 saturated heterocycles. The van der Waals surface area contributed by atoms with E-state index in [1.165, 1.54) is 17.4 Å². The van der Waals surface area contributed by atoms with Crippen molar-refractivity contribution in [3.8, 4) is 22.6 Å². The topological polar surface area (TPSA) is 59.8 Å². The van der Waals surface area contributed by atoms with E-state index in [1.807, 2.05) is 5.38 Å². The number of carbonyl (C=O) groups excluding carboxylic acids is 1. The van der Waals surface area contributed by atoms with Crippen LogP contribution in [0.1, 0.15) is 25.3 Å². The van der Waals surface area contributed by atoms with E-state index in [9.17, 15) is 13.6 Å². The minimum absolute atomic E-state index is 0.0618. The Morgan fingerprint density at radius 2 is 2.08 bits per heavy atom. The summed E-state index contributed by atoms with van der Waals surface area (Å²) >= 11 is 1.42. The van der Waals surface area contributed by atoms with Crippen LogP contribution >= 0.6 is 11.3 Å². The molecule has 1 amide bonds. The Bertz CT molecular complexity index is 939. The average molecular weight is 374 g/mol. The first-order valence-electron chi connectivity index (χ1n) is 8.33. The number of nitrogens with one attached hydrogen (secondary N) is 1. The van der Waals surface area contributed by atoms with Crippen molar-refractivity contribution in [2.24, 2.45) is 0 Å². The van der Waals surface area contributed by atoms with Gasteiger partial charge in [-0.05, 0) is 37.5 Å². The van der Waals surface area contributed by atoms with Crippen molar-refractivity contribution < 1.29 is 13.6 Å². The largest absolute Gasteiger partial charge is 0.354 e. The SMILES string of the molecule is O=C1NCCCC[C@H]1n1cnc(-c2ccc(F)c(F)c2)c1-c1cscn1. The minimum atomic E-state index is -0.937. The van der Waals surface area contributed by atoms with Crippen LogP contribution in [0.4, 0.5) is 8.78 Å². The van der Waals surface area contributed by atoms with Crippen LogP contribution in [0.25, 0.3) is 22.6 Å². The number of carbonyl (C=O) groups is 1. The summed E-state index contributed by atoms with van der Waals surface area (Å²) < 4.78 is 28.8. The fourth-order valence-corrected chi connectivity index (χ4v) is 3.76. The molecule has 1 aliphatic heterocycles. The van der Waals surface area contributed by atoms with E-state index in [4.69, 9.17) is 0 Å². The second kappa shape index (κ2) is 6.95. The molecule has 0 bridgehead atoms. The lowest BCUT2D eigenvalue weighted by Gasteiger charge is -2.18. The van der Waals surface area contributed by atoms with Crippen molar-refractivity contribution in [3.63, 3.8) is 0 Å². The first-order chi connectivity index (χ1) is 12.6. The van der Waals surface area contributed by atoms with Crippen LogP contribution in [-0.2, 0) is 4.79 Å². The Morgan fingerprint density at radius 1 is 1.19 bits per heavy atom. The molecule has 4 rings (SSSR count). The van der Waals surface area contributed by atoms with Gasteiger partial charge in [0.15, 0.2) is 11.6 Å². The number of nitrogens with zero attached hydrogens (tertiary/aromatic N) is 3. The number of imidazole rings is 1. The molecular formula is C18H16F2N4OS. The number of rotatable bonds is 3. The lowest BCUT2D eigenvalue weighted by atomic mass is 10.1. The van der Waals surface area contributed by atoms with Crippen LogP contribution < -0.4 is 5.32 Å². The molecule has 5 nitrogen and oxygen atoms in total. The number of thiazole rings is 1. The monoisotopic (exact) mass is 374 g/mol. The zero-order valence-corrected chi connectivity index (χ0v) is 14.6. The smallest absolute Gasteiger partial charge is 0.243 e. The normalized spacial score (nSPS) is 17.8. The van der Waals surface area contributed by atoms with Gasteiger partial charge in [-0.1, -0.05) is 0 Å². The van der Waals surface area contributed by atoms with E-state index in [-0.39, 0.29) is 5.91 Å². The highest BCUT2D eigenvalue weighted by molar-refractivity contribution is 7.07. The molecule has 0 unspecified atom stereocenters. The first-order valence-corrected chi connectivity index (χ1v) is 9.28. The fraction of sp³-hybridized carbons (Fsp3) is 0.278. The molecule has 1 N–H and O–H groups in total. The van der Waals surface area contributed by atoms with Gasteiger partial charge in [0, 0.05) is 17.5 Å². The summed E-state index contributed by atoms with van der Waals surface area (Å²) in [6.07, 6.45) is 4.12. The third-order valence-electron chi connectivity index (χ3n) is 4.50. The minimum Gasteiger partial charge on any atom is -0.354 e. The maximum Gasteiger partial charge on any atom is 0.243 e. The highest BCUT2D eigenvalue weighted by atomic mass is 32.1. The number of hydrogen-bond acceptors (Lipinski definition) is 4. The van der Waals surface area contributed by atoms with Crippen LogP contribution in [0, 0.1) is 11.6 Å². The Morgan fingerprint density at radius 3 is 2.85 bits per heavy atom. The fourth-order valence-electron chi connectivity index (χ4n) is 3.22. The highest BCUT2D eigenvalue weighted by Gasteiger charge is 2.28. The Labute approximate surface area is 152 Å². The Balaban J connectivity index is 1.87. The molecule has 1 fully saturated rings. The number of amides is 1. The zero-order valence-electron chi connectivity index (χ0n) is 13.8. The summed E-state index contributed by atoms with van der Waals surface area (Å²) in [7, 11) is 0. The van der Waals surface area contributed by atoms with Gasteiger partial charge >= 0.3 is 0 Å². The van der Waals surface area contributed by atoms with E-state index in [1.54, 1.807) is 16.4 Å². The number of benzene rings is 1. The quantitative estimate of drug-likeness (QED) is 0.759. The van der Waals surface area contributed by atoms with Crippen molar-refractivity contribution in [2.75, 3.05) is 6.54 Å². The van der Waals surface area contributed by atoms with E-state index in [2.05, 4.69) is 15.3 Å². The molecule has 0 saturated carbocycles. The van der Waals surface area contributed by atoms with E-state index >= 15 is 0 Å². The number of halogens is 2. The molecule has 3 heterocycles. The van der Waals surface area contributed by atoms with Gasteiger partial charge in [-0.25, -0.2) is 18.7 Å². The summed E-state index contributed by atoms with van der Waals surface area (Å²) in [6, 6.07) is 3.27. The van der Waals surface area contributed by atoms with Gasteiger partial charge < -0.3 is 9.88 Å². The summed E-state index contributed by atoms with van der Waals surface area (Å²) in [5, 5.41) is 4.77. The van der Waals surface area contributed by atoms with Gasteiger partial charge in [-0.2, -0.15) is 0 Å². The maximum atomic E-state index is 13.7. The summed E-state index contributed by atoms with van der Waals surface area (Å²) in [4.78, 5) is 21.3. The Hall–Kier alpha value is -2.61. The molecule has 1 aromatic carbocycles. The van der Waals surface area contributed by atoms with E-state index < -0.39 is 17.7 Å². The lowest BCUT2D eigenvalue weighted by molar-refractivity contribution is -0.124. The van der Waals surface area contributed by atoms with Crippen molar-refractivity contribution in [3.05, 3.63) is 47.1 Å². The van der Waals surface area contributed by atoms with Crippen LogP contribution in [-0.4, -0.2) is 27.0 Å². The molecule has 0 spiro atoms. The number of aromatic nitrogens is 3. The predicted molar refractivity (Wildman–Crippen MR) is 94.6 cm³/mol. The standard InChI is InChI=1S/C18H16F2N4OS/c19-12-5-4-11(7-13(12)20)16-17(14-8-26-10-23-14)24(9-22-16)15-3-1-2-6-21-18(15)25/h4-5,7-10,15H,1-3,6H2,(H,21,25)/t15-/m1/s1. The van der Waals surface area contributed by atoms with Gasteiger partial charge in [0.1, 0.15) is 6.04 Å². The first kappa shape index (κ1) is 16.8. The molecule has 0 radical (unpaired) electrons. The molecule has 134 valence electrons. The van der Waals surface area contributed by atoms with Crippen molar-refractivity contribution in [2.45, 2.75) is 25.3 Å². The van der Waals surface area contributed by atoms with Gasteiger partial charge in [0.2, 0.25) is 5.91 Å². The summed E-state index contributed by atoms with van der Waals surface area (Å²) in [5.74, 6) is -1.91. The third-order valence-corrected chi connectivity index (χ3v) is 5.09. The van der Waals surface area contributed by atoms with Gasteiger partial charge in [0.25, 0.3) is 0 Å². The lowest BCUT2D eigenvalue weighted by Crippen LogP contribution is -2.30. The third kappa shape index (κ3) is 3.01. The molecule has 2 aromatic heterocycles. The van der Waals surface area contributed by atoms with E-state index in [0.717, 1.165) is 25.0 Å².